The number of hydrogen-bond acceptors (Lipinski definition) is 6. The molecule has 9 aromatic rings. The Labute approximate surface area is 306 Å². The normalized spacial score (nSPS) is 12.0. The quantitative estimate of drug-likeness (QED) is 0.156. The maximum Gasteiger partial charge on any atom is 0.228 e. The molecular weight excluding hydrogens is 651 g/mol. The van der Waals surface area contributed by atoms with Crippen LogP contribution in [-0.2, 0) is 0 Å². The fraction of sp³-hybridized carbons (Fsp3) is 0.0426. The molecule has 0 aliphatic heterocycles. The van der Waals surface area contributed by atoms with Crippen LogP contribution in [0.25, 0.3) is 95.1 Å². The number of pyridine rings is 2. The summed E-state index contributed by atoms with van der Waals surface area (Å²) >= 11 is 0. The molecule has 0 amide bonds. The van der Waals surface area contributed by atoms with E-state index in [1.54, 1.807) is 0 Å². The maximum atomic E-state index is 6.25. The second-order valence-corrected chi connectivity index (χ2v) is 12.8. The predicted molar refractivity (Wildman–Crippen MR) is 216 cm³/mol. The zero-order chi connectivity index (χ0) is 35.7. The monoisotopic (exact) mass is 683 g/mol. The van der Waals surface area contributed by atoms with Crippen molar-refractivity contribution >= 4 is 38.7 Å². The van der Waals surface area contributed by atoms with Crippen LogP contribution in [0.3, 0.4) is 0 Å². The molecule has 6 heteroatoms. The van der Waals surface area contributed by atoms with Gasteiger partial charge in [-0.1, -0.05) is 127 Å². The summed E-state index contributed by atoms with van der Waals surface area (Å²) in [4.78, 5) is 24.7. The summed E-state index contributed by atoms with van der Waals surface area (Å²) in [6.07, 6.45) is 8.10. The Bertz CT molecular complexity index is 2850. The van der Waals surface area contributed by atoms with Crippen molar-refractivity contribution in [2.24, 2.45) is 0 Å². The van der Waals surface area contributed by atoms with Gasteiger partial charge in [0.15, 0.2) is 17.5 Å². The van der Waals surface area contributed by atoms with E-state index >= 15 is 0 Å². The molecule has 0 radical (unpaired) electrons. The fourth-order valence-electron chi connectivity index (χ4n) is 6.93. The minimum Gasteiger partial charge on any atom is -0.438 e. The number of furan rings is 1. The van der Waals surface area contributed by atoms with Crippen molar-refractivity contribution in [3.63, 3.8) is 0 Å². The van der Waals surface area contributed by atoms with Gasteiger partial charge in [0.25, 0.3) is 0 Å². The first-order valence-corrected chi connectivity index (χ1v) is 17.7. The summed E-state index contributed by atoms with van der Waals surface area (Å²) in [6, 6.07) is 47.4. The molecule has 9 rings (SSSR count). The minimum absolute atomic E-state index is 0.601. The number of para-hydroxylation sites is 1. The molecule has 0 aliphatic carbocycles. The Morgan fingerprint density at radius 1 is 0.547 bits per heavy atom. The zero-order valence-electron chi connectivity index (χ0n) is 29.2. The highest BCUT2D eigenvalue weighted by Crippen LogP contribution is 2.40. The van der Waals surface area contributed by atoms with Gasteiger partial charge < -0.3 is 4.42 Å². The molecule has 252 valence electrons. The van der Waals surface area contributed by atoms with E-state index in [0.717, 1.165) is 77.5 Å². The Hall–Kier alpha value is -7.05. The highest BCUT2D eigenvalue weighted by Gasteiger charge is 2.19. The van der Waals surface area contributed by atoms with E-state index in [9.17, 15) is 0 Å². The van der Waals surface area contributed by atoms with E-state index in [0.29, 0.717) is 23.2 Å². The van der Waals surface area contributed by atoms with Crippen molar-refractivity contribution < 1.29 is 4.42 Å². The van der Waals surface area contributed by atoms with Gasteiger partial charge in [-0.05, 0) is 72.0 Å². The number of hydrogen-bond donors (Lipinski definition) is 0. The average molecular weight is 684 g/mol. The second kappa shape index (κ2) is 13.6. The van der Waals surface area contributed by atoms with Crippen molar-refractivity contribution in [3.8, 4) is 56.4 Å². The van der Waals surface area contributed by atoms with Crippen molar-refractivity contribution in [3.05, 3.63) is 170 Å². The number of allylic oxidation sites excluding steroid dienone is 4. The molecule has 0 atom stereocenters. The van der Waals surface area contributed by atoms with E-state index < -0.39 is 0 Å². The largest absolute Gasteiger partial charge is 0.438 e. The van der Waals surface area contributed by atoms with Gasteiger partial charge in [-0.15, -0.1) is 0 Å². The zero-order valence-corrected chi connectivity index (χ0v) is 29.2. The van der Waals surface area contributed by atoms with Crippen LogP contribution in [0.2, 0.25) is 0 Å². The minimum atomic E-state index is 0.601. The lowest BCUT2D eigenvalue weighted by molar-refractivity contribution is 0.656. The Morgan fingerprint density at radius 3 is 1.91 bits per heavy atom. The van der Waals surface area contributed by atoms with Gasteiger partial charge >= 0.3 is 0 Å². The Balaban J connectivity index is 1.16. The van der Waals surface area contributed by atoms with E-state index in [2.05, 4.69) is 104 Å². The van der Waals surface area contributed by atoms with E-state index in [4.69, 9.17) is 29.3 Å². The third kappa shape index (κ3) is 5.96. The lowest BCUT2D eigenvalue weighted by Crippen LogP contribution is -2.00. The molecule has 0 aliphatic rings. The topological polar surface area (TPSA) is 77.6 Å². The molecule has 0 bridgehead atoms. The first kappa shape index (κ1) is 31.9. The molecule has 0 unspecified atom stereocenters. The number of fused-ring (bicyclic) bond motifs is 4. The van der Waals surface area contributed by atoms with Crippen LogP contribution >= 0.6 is 0 Å². The Morgan fingerprint density at radius 2 is 1.17 bits per heavy atom. The van der Waals surface area contributed by atoms with Crippen LogP contribution in [0, 0.1) is 0 Å². The highest BCUT2D eigenvalue weighted by molar-refractivity contribution is 6.17. The van der Waals surface area contributed by atoms with Gasteiger partial charge in [0.05, 0.1) is 16.4 Å². The average Bonchev–Trinajstić information content (AvgIpc) is 3.60. The molecule has 4 aromatic heterocycles. The number of benzene rings is 5. The van der Waals surface area contributed by atoms with Crippen molar-refractivity contribution in [2.45, 2.75) is 13.8 Å². The van der Waals surface area contributed by atoms with Crippen molar-refractivity contribution in [1.82, 2.24) is 24.9 Å². The van der Waals surface area contributed by atoms with Gasteiger partial charge in [0, 0.05) is 33.8 Å². The van der Waals surface area contributed by atoms with E-state index in [1.807, 2.05) is 73.8 Å². The van der Waals surface area contributed by atoms with Crippen LogP contribution < -0.4 is 0 Å². The van der Waals surface area contributed by atoms with Crippen molar-refractivity contribution in [2.75, 3.05) is 0 Å². The SMILES string of the molecule is C/C=C\C(=C/C)c1ccc(-c2nc(-c3ccccc3)nc(-c3cccc(-c4cccc(-c5c6ncccc6nc6oc7ccccc7c56)c4)c3)n2)cc1. The third-order valence-electron chi connectivity index (χ3n) is 9.48. The molecule has 0 saturated heterocycles. The number of aromatic nitrogens is 5. The molecule has 0 saturated carbocycles. The summed E-state index contributed by atoms with van der Waals surface area (Å²) in [5.74, 6) is 1.85. The molecule has 53 heavy (non-hydrogen) atoms. The third-order valence-corrected chi connectivity index (χ3v) is 9.48. The molecule has 0 N–H and O–H groups in total. The first-order chi connectivity index (χ1) is 26.2. The molecule has 4 heterocycles. The van der Waals surface area contributed by atoms with E-state index in [1.165, 1.54) is 0 Å². The molecule has 0 fully saturated rings. The first-order valence-electron chi connectivity index (χ1n) is 17.7. The highest BCUT2D eigenvalue weighted by atomic mass is 16.3. The van der Waals surface area contributed by atoms with Crippen LogP contribution in [0.15, 0.2) is 168 Å². The van der Waals surface area contributed by atoms with Gasteiger partial charge in [-0.3, -0.25) is 4.98 Å². The van der Waals surface area contributed by atoms with Crippen LogP contribution in [0.5, 0.6) is 0 Å². The van der Waals surface area contributed by atoms with Crippen LogP contribution in [-0.4, -0.2) is 24.9 Å². The summed E-state index contributed by atoms with van der Waals surface area (Å²) in [5.41, 5.74) is 12.2. The van der Waals surface area contributed by atoms with E-state index in [-0.39, 0.29) is 0 Å². The lowest BCUT2D eigenvalue weighted by Gasteiger charge is -2.12. The number of rotatable bonds is 7. The smallest absolute Gasteiger partial charge is 0.228 e. The van der Waals surface area contributed by atoms with Gasteiger partial charge in [0.1, 0.15) is 5.58 Å². The fourth-order valence-corrected chi connectivity index (χ4v) is 6.93. The summed E-state index contributed by atoms with van der Waals surface area (Å²) < 4.78 is 6.25. The lowest BCUT2D eigenvalue weighted by atomic mass is 9.95. The number of nitrogens with zero attached hydrogens (tertiary/aromatic N) is 5. The van der Waals surface area contributed by atoms with Crippen LogP contribution in [0.1, 0.15) is 19.4 Å². The molecule has 6 nitrogen and oxygen atoms in total. The molecule has 0 spiro atoms. The van der Waals surface area contributed by atoms with Gasteiger partial charge in [0.2, 0.25) is 5.71 Å². The predicted octanol–water partition coefficient (Wildman–Crippen LogP) is 12.0. The standard InChI is InChI=1S/C47H33N5O/c1-3-13-30(4-2)31-23-25-33(26-24-31)45-50-44(32-14-6-5-7-15-32)51-46(52-45)37-19-11-17-35(29-37)34-16-10-18-36(28-34)41-42-38-20-8-9-22-40(38)53-47(42)49-39-21-12-27-48-43(39)41/h3-29H,1-2H3/b13-3-,30-4+. The molecule has 5 aromatic carbocycles. The molecular formula is C47H33N5O. The van der Waals surface area contributed by atoms with Crippen LogP contribution in [0.4, 0.5) is 0 Å². The Kier molecular flexibility index (Phi) is 8.18. The summed E-state index contributed by atoms with van der Waals surface area (Å²) in [7, 11) is 0. The van der Waals surface area contributed by atoms with Crippen molar-refractivity contribution in [1.29, 1.82) is 0 Å². The van der Waals surface area contributed by atoms with Gasteiger partial charge in [-0.2, -0.15) is 0 Å². The summed E-state index contributed by atoms with van der Waals surface area (Å²) in [6.45, 7) is 4.08. The van der Waals surface area contributed by atoms with Gasteiger partial charge in [-0.25, -0.2) is 19.9 Å². The summed E-state index contributed by atoms with van der Waals surface area (Å²) in [5, 5.41) is 1.97. The second-order valence-electron chi connectivity index (χ2n) is 12.8. The maximum absolute atomic E-state index is 6.25.